The number of likely N-dealkylation sites (tertiary alicyclic amines) is 1. The Morgan fingerprint density at radius 2 is 2.17 bits per heavy atom. The zero-order valence-corrected chi connectivity index (χ0v) is 13.5. The second-order valence-corrected chi connectivity index (χ2v) is 6.27. The van der Waals surface area contributed by atoms with Gasteiger partial charge in [0.25, 0.3) is 0 Å². The van der Waals surface area contributed by atoms with E-state index in [1.807, 2.05) is 46.1 Å². The van der Waals surface area contributed by atoms with E-state index in [-0.39, 0.29) is 18.4 Å². The molecule has 0 unspecified atom stereocenters. The molecule has 1 aliphatic heterocycles. The molecule has 1 saturated heterocycles. The molecule has 124 valence electrons. The average Bonchev–Trinajstić information content (AvgIpc) is 3.26. The molecule has 0 N–H and O–H groups in total. The highest BCUT2D eigenvalue weighted by Gasteiger charge is 2.28. The first-order valence-electron chi connectivity index (χ1n) is 8.41. The van der Waals surface area contributed by atoms with Crippen LogP contribution in [0.25, 0.3) is 11.0 Å². The molecule has 0 saturated carbocycles. The standard InChI is InChI=1S/C18H20N4O2/c23-18(12-16-15-7-1-2-8-17(15)24-20-16)22-11-4-3-6-14(22)13-21-10-5-9-19-21/h1-2,5,7-10,14H,3-4,6,11-13H2/t14-/m1/s1. The first-order chi connectivity index (χ1) is 11.8. The largest absolute Gasteiger partial charge is 0.356 e. The van der Waals surface area contributed by atoms with Crippen molar-refractivity contribution in [1.29, 1.82) is 0 Å². The van der Waals surface area contributed by atoms with Gasteiger partial charge in [0.05, 0.1) is 19.0 Å². The Morgan fingerprint density at radius 3 is 3.04 bits per heavy atom. The molecule has 0 radical (unpaired) electrons. The van der Waals surface area contributed by atoms with E-state index in [9.17, 15) is 4.79 Å². The number of aromatic nitrogens is 3. The molecule has 4 rings (SSSR count). The molecule has 3 heterocycles. The summed E-state index contributed by atoms with van der Waals surface area (Å²) in [6, 6.07) is 9.78. The Labute approximate surface area is 140 Å². The van der Waals surface area contributed by atoms with Crippen molar-refractivity contribution >= 4 is 16.9 Å². The van der Waals surface area contributed by atoms with Crippen LogP contribution in [0.1, 0.15) is 25.0 Å². The maximum atomic E-state index is 12.9. The third kappa shape index (κ3) is 2.91. The average molecular weight is 324 g/mol. The lowest BCUT2D eigenvalue weighted by Crippen LogP contribution is -2.46. The van der Waals surface area contributed by atoms with Gasteiger partial charge in [-0.1, -0.05) is 17.3 Å². The van der Waals surface area contributed by atoms with E-state index in [1.165, 1.54) is 0 Å². The Morgan fingerprint density at radius 1 is 1.25 bits per heavy atom. The number of piperidine rings is 1. The molecule has 6 nitrogen and oxygen atoms in total. The summed E-state index contributed by atoms with van der Waals surface area (Å²) in [5.41, 5.74) is 1.45. The van der Waals surface area contributed by atoms with Gasteiger partial charge in [-0.25, -0.2) is 0 Å². The monoisotopic (exact) mass is 324 g/mol. The maximum Gasteiger partial charge on any atom is 0.229 e. The number of carbonyl (C=O) groups is 1. The number of hydrogen-bond donors (Lipinski definition) is 0. The Kier molecular flexibility index (Phi) is 4.02. The van der Waals surface area contributed by atoms with Crippen LogP contribution in [0, 0.1) is 0 Å². The van der Waals surface area contributed by atoms with Crippen LogP contribution in [0.3, 0.4) is 0 Å². The van der Waals surface area contributed by atoms with Gasteiger partial charge in [0, 0.05) is 24.3 Å². The third-order valence-electron chi connectivity index (χ3n) is 4.68. The number of para-hydroxylation sites is 1. The van der Waals surface area contributed by atoms with Gasteiger partial charge in [0.15, 0.2) is 5.58 Å². The second kappa shape index (κ2) is 6.47. The van der Waals surface area contributed by atoms with Crippen molar-refractivity contribution in [2.75, 3.05) is 6.54 Å². The summed E-state index contributed by atoms with van der Waals surface area (Å²) in [7, 11) is 0. The highest BCUT2D eigenvalue weighted by Crippen LogP contribution is 2.22. The fourth-order valence-corrected chi connectivity index (χ4v) is 3.45. The van der Waals surface area contributed by atoms with Crippen LogP contribution in [0.5, 0.6) is 0 Å². The third-order valence-corrected chi connectivity index (χ3v) is 4.68. The summed E-state index contributed by atoms with van der Waals surface area (Å²) >= 11 is 0. The van der Waals surface area contributed by atoms with Gasteiger partial charge >= 0.3 is 0 Å². The first kappa shape index (κ1) is 14.9. The number of hydrogen-bond acceptors (Lipinski definition) is 4. The summed E-state index contributed by atoms with van der Waals surface area (Å²) in [6.07, 6.45) is 7.24. The lowest BCUT2D eigenvalue weighted by molar-refractivity contribution is -0.134. The zero-order valence-electron chi connectivity index (χ0n) is 13.5. The van der Waals surface area contributed by atoms with Crippen molar-refractivity contribution in [2.24, 2.45) is 0 Å². The summed E-state index contributed by atoms with van der Waals surface area (Å²) in [4.78, 5) is 14.9. The van der Waals surface area contributed by atoms with Crippen molar-refractivity contribution in [3.05, 3.63) is 48.4 Å². The summed E-state index contributed by atoms with van der Waals surface area (Å²) in [6.45, 7) is 1.55. The quantitative estimate of drug-likeness (QED) is 0.740. The SMILES string of the molecule is O=C(Cc1noc2ccccc12)N1CCCC[C@@H]1Cn1cccn1. The second-order valence-electron chi connectivity index (χ2n) is 6.27. The zero-order chi connectivity index (χ0) is 16.4. The first-order valence-corrected chi connectivity index (χ1v) is 8.41. The molecule has 0 spiro atoms. The summed E-state index contributed by atoms with van der Waals surface area (Å²) in [5, 5.41) is 9.29. The summed E-state index contributed by atoms with van der Waals surface area (Å²) in [5.74, 6) is 0.117. The van der Waals surface area contributed by atoms with E-state index in [2.05, 4.69) is 10.3 Å². The fourth-order valence-electron chi connectivity index (χ4n) is 3.45. The number of amides is 1. The van der Waals surface area contributed by atoms with Crippen molar-refractivity contribution in [2.45, 2.75) is 38.3 Å². The molecular weight excluding hydrogens is 304 g/mol. The Bertz CT molecular complexity index is 825. The molecule has 0 bridgehead atoms. The molecule has 3 aromatic rings. The van der Waals surface area contributed by atoms with Crippen LogP contribution in [0.2, 0.25) is 0 Å². The van der Waals surface area contributed by atoms with Gasteiger partial charge in [-0.3, -0.25) is 9.48 Å². The van der Waals surface area contributed by atoms with Gasteiger partial charge in [-0.15, -0.1) is 0 Å². The van der Waals surface area contributed by atoms with E-state index >= 15 is 0 Å². The molecule has 24 heavy (non-hydrogen) atoms. The minimum absolute atomic E-state index is 0.117. The number of nitrogens with zero attached hydrogens (tertiary/aromatic N) is 4. The highest BCUT2D eigenvalue weighted by atomic mass is 16.5. The van der Waals surface area contributed by atoms with E-state index in [0.29, 0.717) is 0 Å². The topological polar surface area (TPSA) is 64.2 Å². The maximum absolute atomic E-state index is 12.9. The number of benzene rings is 1. The van der Waals surface area contributed by atoms with Gasteiger partial charge in [0.1, 0.15) is 5.69 Å². The molecule has 6 heteroatoms. The Hall–Kier alpha value is -2.63. The van der Waals surface area contributed by atoms with Crippen LogP contribution < -0.4 is 0 Å². The van der Waals surface area contributed by atoms with Crippen LogP contribution in [-0.2, 0) is 17.8 Å². The molecule has 1 aromatic carbocycles. The minimum Gasteiger partial charge on any atom is -0.356 e. The molecule has 1 fully saturated rings. The molecule has 1 atom stereocenters. The fraction of sp³-hybridized carbons (Fsp3) is 0.389. The smallest absolute Gasteiger partial charge is 0.229 e. The Balaban J connectivity index is 1.51. The lowest BCUT2D eigenvalue weighted by Gasteiger charge is -2.35. The van der Waals surface area contributed by atoms with E-state index < -0.39 is 0 Å². The molecular formula is C18H20N4O2. The predicted octanol–water partition coefficient (Wildman–Crippen LogP) is 2.65. The van der Waals surface area contributed by atoms with Gasteiger partial charge in [-0.2, -0.15) is 5.10 Å². The molecule has 2 aromatic heterocycles. The summed E-state index contributed by atoms with van der Waals surface area (Å²) < 4.78 is 7.22. The minimum atomic E-state index is 0.117. The van der Waals surface area contributed by atoms with Crippen LogP contribution in [0.4, 0.5) is 0 Å². The van der Waals surface area contributed by atoms with Crippen molar-refractivity contribution in [3.8, 4) is 0 Å². The van der Waals surface area contributed by atoms with Gasteiger partial charge < -0.3 is 9.42 Å². The van der Waals surface area contributed by atoms with E-state index in [4.69, 9.17) is 4.52 Å². The van der Waals surface area contributed by atoms with Gasteiger partial charge in [-0.05, 0) is 37.5 Å². The highest BCUT2D eigenvalue weighted by molar-refractivity contribution is 5.86. The molecule has 0 aliphatic carbocycles. The van der Waals surface area contributed by atoms with Crippen LogP contribution in [-0.4, -0.2) is 38.3 Å². The molecule has 1 amide bonds. The molecule has 1 aliphatic rings. The van der Waals surface area contributed by atoms with Gasteiger partial charge in [0.2, 0.25) is 5.91 Å². The van der Waals surface area contributed by atoms with E-state index in [0.717, 1.165) is 49.0 Å². The van der Waals surface area contributed by atoms with Crippen LogP contribution in [0.15, 0.2) is 47.2 Å². The number of rotatable bonds is 4. The predicted molar refractivity (Wildman–Crippen MR) is 89.3 cm³/mol. The van der Waals surface area contributed by atoms with Crippen molar-refractivity contribution in [1.82, 2.24) is 19.8 Å². The van der Waals surface area contributed by atoms with Crippen molar-refractivity contribution in [3.63, 3.8) is 0 Å². The van der Waals surface area contributed by atoms with E-state index in [1.54, 1.807) is 6.20 Å². The lowest BCUT2D eigenvalue weighted by atomic mass is 10.0. The number of carbonyl (C=O) groups excluding carboxylic acids is 1. The van der Waals surface area contributed by atoms with Crippen molar-refractivity contribution < 1.29 is 9.32 Å². The number of fused-ring (bicyclic) bond motifs is 1. The normalized spacial score (nSPS) is 18.2. The van der Waals surface area contributed by atoms with Crippen LogP contribution >= 0.6 is 0 Å².